The molecule has 2 rings (SSSR count). The first kappa shape index (κ1) is 12.4. The second-order valence-corrected chi connectivity index (χ2v) is 4.43. The molecule has 0 fully saturated rings. The number of hydrogen-bond acceptors (Lipinski definition) is 1. The van der Waals surface area contributed by atoms with E-state index in [0.717, 1.165) is 0 Å². The lowest BCUT2D eigenvalue weighted by molar-refractivity contribution is 0.220. The normalized spacial score (nSPS) is 12.5. The van der Waals surface area contributed by atoms with E-state index in [9.17, 15) is 9.50 Å². The monoisotopic (exact) mass is 270 g/mol. The van der Waals surface area contributed by atoms with Crippen molar-refractivity contribution < 1.29 is 9.50 Å². The maximum atomic E-state index is 13.2. The van der Waals surface area contributed by atoms with E-state index in [4.69, 9.17) is 23.2 Å². The summed E-state index contributed by atoms with van der Waals surface area (Å²) in [5, 5.41) is 9.90. The minimum absolute atomic E-state index is 0.0949. The average molecular weight is 271 g/mol. The Labute approximate surface area is 108 Å². The predicted octanol–water partition coefficient (Wildman–Crippen LogP) is 4.21. The summed E-state index contributed by atoms with van der Waals surface area (Å²) in [6.07, 6.45) is -0.869. The van der Waals surface area contributed by atoms with E-state index in [1.807, 2.05) is 18.2 Å². The second-order valence-electron chi connectivity index (χ2n) is 3.61. The summed E-state index contributed by atoms with van der Waals surface area (Å²) in [5.74, 6) is -0.669. The van der Waals surface area contributed by atoms with Crippen molar-refractivity contribution in [2.45, 2.75) is 6.10 Å². The lowest BCUT2D eigenvalue weighted by Crippen LogP contribution is -2.00. The molecule has 1 unspecified atom stereocenters. The summed E-state index contributed by atoms with van der Waals surface area (Å²) < 4.78 is 13.2. The van der Waals surface area contributed by atoms with Crippen LogP contribution in [0.15, 0.2) is 42.5 Å². The molecule has 0 amide bonds. The van der Waals surface area contributed by atoms with Gasteiger partial charge >= 0.3 is 0 Å². The standard InChI is InChI=1S/C13H9Cl2FO/c14-10-6-9(7-11(15)12(10)16)13(17)8-4-2-1-3-5-8/h1-7,13,17H. The fraction of sp³-hybridized carbons (Fsp3) is 0.0769. The van der Waals surface area contributed by atoms with E-state index in [1.54, 1.807) is 12.1 Å². The van der Waals surface area contributed by atoms with Crippen molar-refractivity contribution in [3.8, 4) is 0 Å². The van der Waals surface area contributed by atoms with Crippen LogP contribution in [0.25, 0.3) is 0 Å². The topological polar surface area (TPSA) is 20.2 Å². The maximum Gasteiger partial charge on any atom is 0.160 e. The highest BCUT2D eigenvalue weighted by Gasteiger charge is 2.14. The van der Waals surface area contributed by atoms with Crippen molar-refractivity contribution in [3.63, 3.8) is 0 Å². The van der Waals surface area contributed by atoms with E-state index in [-0.39, 0.29) is 10.0 Å². The Balaban J connectivity index is 2.41. The Morgan fingerprint density at radius 2 is 1.47 bits per heavy atom. The van der Waals surface area contributed by atoms with E-state index in [1.165, 1.54) is 12.1 Å². The Morgan fingerprint density at radius 3 is 2.00 bits per heavy atom. The van der Waals surface area contributed by atoms with Gasteiger partial charge in [0.25, 0.3) is 0 Å². The molecule has 0 saturated heterocycles. The van der Waals surface area contributed by atoms with Crippen molar-refractivity contribution in [1.29, 1.82) is 0 Å². The molecule has 2 aromatic carbocycles. The van der Waals surface area contributed by atoms with Gasteiger partial charge in [-0.2, -0.15) is 0 Å². The summed E-state index contributed by atoms with van der Waals surface area (Å²) in [7, 11) is 0. The van der Waals surface area contributed by atoms with E-state index in [0.29, 0.717) is 11.1 Å². The third kappa shape index (κ3) is 2.60. The molecule has 2 aromatic rings. The molecule has 17 heavy (non-hydrogen) atoms. The zero-order valence-electron chi connectivity index (χ0n) is 8.70. The number of halogens is 3. The predicted molar refractivity (Wildman–Crippen MR) is 66.9 cm³/mol. The van der Waals surface area contributed by atoms with Crippen LogP contribution in [0.1, 0.15) is 17.2 Å². The van der Waals surface area contributed by atoms with Crippen LogP contribution in [-0.4, -0.2) is 5.11 Å². The largest absolute Gasteiger partial charge is 0.384 e. The van der Waals surface area contributed by atoms with Crippen LogP contribution in [0.2, 0.25) is 10.0 Å². The molecule has 0 aliphatic heterocycles. The lowest BCUT2D eigenvalue weighted by atomic mass is 10.0. The van der Waals surface area contributed by atoms with Crippen molar-refractivity contribution in [3.05, 3.63) is 69.5 Å². The molecule has 1 atom stereocenters. The SMILES string of the molecule is OC(c1ccccc1)c1cc(Cl)c(F)c(Cl)c1. The van der Waals surface area contributed by atoms with Gasteiger partial charge in [0.15, 0.2) is 5.82 Å². The zero-order valence-corrected chi connectivity index (χ0v) is 10.2. The summed E-state index contributed by atoms with van der Waals surface area (Å²) >= 11 is 11.4. The zero-order chi connectivity index (χ0) is 12.4. The molecule has 0 bridgehead atoms. The van der Waals surface area contributed by atoms with Crippen LogP contribution < -0.4 is 0 Å². The number of aliphatic hydroxyl groups excluding tert-OH is 1. The number of hydrogen-bond donors (Lipinski definition) is 1. The van der Waals surface area contributed by atoms with Gasteiger partial charge in [0.05, 0.1) is 10.0 Å². The Kier molecular flexibility index (Phi) is 3.67. The van der Waals surface area contributed by atoms with Crippen LogP contribution in [0.4, 0.5) is 4.39 Å². The van der Waals surface area contributed by atoms with Gasteiger partial charge in [0, 0.05) is 0 Å². The van der Waals surface area contributed by atoms with Crippen LogP contribution in [-0.2, 0) is 0 Å². The quantitative estimate of drug-likeness (QED) is 0.811. The van der Waals surface area contributed by atoms with Gasteiger partial charge in [-0.15, -0.1) is 0 Å². The summed E-state index contributed by atoms with van der Waals surface area (Å²) in [5.41, 5.74) is 1.17. The Bertz CT molecular complexity index is 505. The second kappa shape index (κ2) is 5.05. The minimum Gasteiger partial charge on any atom is -0.384 e. The highest BCUT2D eigenvalue weighted by molar-refractivity contribution is 6.35. The number of benzene rings is 2. The average Bonchev–Trinajstić information content (AvgIpc) is 2.35. The van der Waals surface area contributed by atoms with Crippen molar-refractivity contribution in [2.75, 3.05) is 0 Å². The highest BCUT2D eigenvalue weighted by Crippen LogP contribution is 2.30. The molecular weight excluding hydrogens is 262 g/mol. The molecule has 0 saturated carbocycles. The molecule has 0 radical (unpaired) electrons. The molecule has 1 nitrogen and oxygen atoms in total. The molecule has 0 aromatic heterocycles. The first-order chi connectivity index (χ1) is 8.09. The Morgan fingerprint density at radius 1 is 0.941 bits per heavy atom. The third-order valence-corrected chi connectivity index (χ3v) is 2.99. The minimum atomic E-state index is -0.869. The molecule has 4 heteroatoms. The molecule has 0 aliphatic rings. The van der Waals surface area contributed by atoms with Crippen LogP contribution >= 0.6 is 23.2 Å². The van der Waals surface area contributed by atoms with E-state index >= 15 is 0 Å². The fourth-order valence-corrected chi connectivity index (χ4v) is 2.06. The van der Waals surface area contributed by atoms with Crippen LogP contribution in [0, 0.1) is 5.82 Å². The summed E-state index contributed by atoms with van der Waals surface area (Å²) in [6.45, 7) is 0. The van der Waals surface area contributed by atoms with E-state index in [2.05, 4.69) is 0 Å². The van der Waals surface area contributed by atoms with Gasteiger partial charge in [-0.3, -0.25) is 0 Å². The van der Waals surface area contributed by atoms with Crippen molar-refractivity contribution in [1.82, 2.24) is 0 Å². The van der Waals surface area contributed by atoms with Crippen LogP contribution in [0.3, 0.4) is 0 Å². The van der Waals surface area contributed by atoms with Gasteiger partial charge in [-0.1, -0.05) is 53.5 Å². The van der Waals surface area contributed by atoms with Gasteiger partial charge in [0.2, 0.25) is 0 Å². The molecule has 0 aliphatic carbocycles. The van der Waals surface area contributed by atoms with E-state index < -0.39 is 11.9 Å². The van der Waals surface area contributed by atoms with Crippen molar-refractivity contribution >= 4 is 23.2 Å². The fourth-order valence-electron chi connectivity index (χ4n) is 1.56. The summed E-state index contributed by atoms with van der Waals surface area (Å²) in [6, 6.07) is 11.8. The highest BCUT2D eigenvalue weighted by atomic mass is 35.5. The molecule has 88 valence electrons. The maximum absolute atomic E-state index is 13.2. The molecule has 1 N–H and O–H groups in total. The smallest absolute Gasteiger partial charge is 0.160 e. The molecular formula is C13H9Cl2FO. The molecule has 0 heterocycles. The Hall–Kier alpha value is -1.09. The number of rotatable bonds is 2. The third-order valence-electron chi connectivity index (χ3n) is 2.44. The molecule has 0 spiro atoms. The lowest BCUT2D eigenvalue weighted by Gasteiger charge is -2.12. The van der Waals surface area contributed by atoms with Crippen LogP contribution in [0.5, 0.6) is 0 Å². The van der Waals surface area contributed by atoms with Gasteiger partial charge < -0.3 is 5.11 Å². The van der Waals surface area contributed by atoms with Crippen molar-refractivity contribution in [2.24, 2.45) is 0 Å². The van der Waals surface area contributed by atoms with Gasteiger partial charge in [-0.05, 0) is 23.3 Å². The van der Waals surface area contributed by atoms with Gasteiger partial charge in [0.1, 0.15) is 6.10 Å². The first-order valence-corrected chi connectivity index (χ1v) is 5.72. The van der Waals surface area contributed by atoms with Gasteiger partial charge in [-0.25, -0.2) is 4.39 Å². The number of aliphatic hydroxyl groups is 1. The summed E-state index contributed by atoms with van der Waals surface area (Å²) in [4.78, 5) is 0. The first-order valence-electron chi connectivity index (χ1n) is 4.97.